The smallest absolute Gasteiger partial charge is 0.423 e. The van der Waals surface area contributed by atoms with Gasteiger partial charge < -0.3 is 10.0 Å². The highest BCUT2D eigenvalue weighted by Crippen LogP contribution is 2.44. The maximum absolute atomic E-state index is 13.0. The predicted octanol–water partition coefficient (Wildman–Crippen LogP) is 4.93. The van der Waals surface area contributed by atoms with Crippen LogP contribution in [0.15, 0.2) is 60.2 Å². The molecular formula is C20H15ClF3NO3. The van der Waals surface area contributed by atoms with Gasteiger partial charge in [0.05, 0.1) is 23.2 Å². The molecule has 1 N–H and O–H groups in total. The van der Waals surface area contributed by atoms with Gasteiger partial charge in [-0.25, -0.2) is 4.79 Å². The summed E-state index contributed by atoms with van der Waals surface area (Å²) in [5.41, 5.74) is 0.0710. The molecule has 2 aromatic carbocycles. The number of para-hydroxylation sites is 1. The lowest BCUT2D eigenvalue weighted by Gasteiger charge is -2.19. The lowest BCUT2D eigenvalue weighted by molar-refractivity contribution is -0.145. The Balaban J connectivity index is 1.97. The van der Waals surface area contributed by atoms with Crippen molar-refractivity contribution in [2.75, 3.05) is 4.90 Å². The third-order valence-electron chi connectivity index (χ3n) is 4.50. The van der Waals surface area contributed by atoms with Crippen LogP contribution in [0.2, 0.25) is 5.02 Å². The largest absolute Gasteiger partial charge is 0.478 e. The molecule has 1 atom stereocenters. The maximum atomic E-state index is 13.0. The van der Waals surface area contributed by atoms with E-state index in [2.05, 4.69) is 0 Å². The van der Waals surface area contributed by atoms with Crippen molar-refractivity contribution in [3.05, 3.63) is 76.3 Å². The van der Waals surface area contributed by atoms with E-state index < -0.39 is 36.0 Å². The van der Waals surface area contributed by atoms with Crippen LogP contribution in [-0.2, 0) is 16.1 Å². The Morgan fingerprint density at radius 2 is 1.82 bits per heavy atom. The molecule has 2 aromatic rings. The number of halogens is 4. The molecule has 1 aliphatic rings. The molecule has 0 aromatic heterocycles. The summed E-state index contributed by atoms with van der Waals surface area (Å²) in [5, 5.41) is 9.14. The van der Waals surface area contributed by atoms with Gasteiger partial charge in [0.1, 0.15) is 5.57 Å². The first-order valence-corrected chi connectivity index (χ1v) is 8.72. The Hall–Kier alpha value is -2.80. The van der Waals surface area contributed by atoms with Gasteiger partial charge in [-0.1, -0.05) is 60.1 Å². The zero-order chi connectivity index (χ0) is 20.5. The first-order chi connectivity index (χ1) is 13.2. The summed E-state index contributed by atoms with van der Waals surface area (Å²) in [4.78, 5) is 25.3. The van der Waals surface area contributed by atoms with Gasteiger partial charge in [-0.2, -0.15) is 13.2 Å². The van der Waals surface area contributed by atoms with Gasteiger partial charge in [0.2, 0.25) is 5.91 Å². The number of fused-ring (bicyclic) bond motifs is 1. The maximum Gasteiger partial charge on any atom is 0.423 e. The van der Waals surface area contributed by atoms with E-state index in [4.69, 9.17) is 16.7 Å². The Labute approximate surface area is 163 Å². The molecule has 1 aliphatic heterocycles. The first kappa shape index (κ1) is 19.9. The molecule has 146 valence electrons. The lowest BCUT2D eigenvalue weighted by Crippen LogP contribution is -2.28. The molecule has 4 nitrogen and oxygen atoms in total. The van der Waals surface area contributed by atoms with Crippen LogP contribution in [0.5, 0.6) is 0 Å². The molecule has 8 heteroatoms. The second-order valence-corrected chi connectivity index (χ2v) is 6.70. The van der Waals surface area contributed by atoms with Gasteiger partial charge in [0, 0.05) is 0 Å². The molecule has 0 radical (unpaired) electrons. The van der Waals surface area contributed by atoms with E-state index >= 15 is 0 Å². The third kappa shape index (κ3) is 3.89. The Morgan fingerprint density at radius 1 is 1.14 bits per heavy atom. The molecule has 0 spiro atoms. The number of nitrogens with zero attached hydrogens (tertiary/aromatic N) is 1. The Kier molecular flexibility index (Phi) is 5.47. The minimum atomic E-state index is -5.01. The van der Waals surface area contributed by atoms with Gasteiger partial charge in [-0.3, -0.25) is 4.79 Å². The van der Waals surface area contributed by atoms with Crippen LogP contribution in [0.25, 0.3) is 0 Å². The quantitative estimate of drug-likeness (QED) is 0.712. The van der Waals surface area contributed by atoms with Crippen molar-refractivity contribution < 1.29 is 27.9 Å². The highest BCUT2D eigenvalue weighted by Gasteiger charge is 2.41. The molecular weight excluding hydrogens is 395 g/mol. The molecule has 28 heavy (non-hydrogen) atoms. The monoisotopic (exact) mass is 409 g/mol. The highest BCUT2D eigenvalue weighted by atomic mass is 35.5. The molecule has 0 saturated carbocycles. The van der Waals surface area contributed by atoms with Crippen LogP contribution in [0.1, 0.15) is 23.5 Å². The average molecular weight is 410 g/mol. The fourth-order valence-corrected chi connectivity index (χ4v) is 3.52. The molecule has 0 saturated heterocycles. The number of amides is 1. The standard InChI is InChI=1S/C20H15ClF3NO3/c21-16-8-4-7-13-14(9-10-15(19(27)28)20(22,23)24)18(26)25(17(13)16)11-12-5-2-1-3-6-12/h1-8,10,14H,9,11H2,(H,27,28)/b15-10-. The SMILES string of the molecule is O=C(O)/C(=C/CC1C(=O)N(Cc2ccccc2)c2c(Cl)cccc21)C(F)(F)F. The third-order valence-corrected chi connectivity index (χ3v) is 4.81. The Morgan fingerprint density at radius 3 is 2.43 bits per heavy atom. The summed E-state index contributed by atoms with van der Waals surface area (Å²) in [5.74, 6) is -3.44. The van der Waals surface area contributed by atoms with Crippen LogP contribution >= 0.6 is 11.6 Å². The number of rotatable bonds is 5. The summed E-state index contributed by atoms with van der Waals surface area (Å²) in [6.45, 7) is 0.210. The van der Waals surface area contributed by atoms with E-state index in [0.717, 1.165) is 5.56 Å². The summed E-state index contributed by atoms with van der Waals surface area (Å²) in [6, 6.07) is 13.9. The lowest BCUT2D eigenvalue weighted by atomic mass is 9.96. The topological polar surface area (TPSA) is 57.6 Å². The molecule has 0 bridgehead atoms. The summed E-state index contributed by atoms with van der Waals surface area (Å²) in [6.07, 6.45) is -4.84. The van der Waals surface area contributed by atoms with Crippen LogP contribution in [-0.4, -0.2) is 23.2 Å². The van der Waals surface area contributed by atoms with Gasteiger partial charge in [-0.15, -0.1) is 0 Å². The van der Waals surface area contributed by atoms with Crippen molar-refractivity contribution >= 4 is 29.2 Å². The number of carboxylic acid groups (broad SMARTS) is 1. The minimum absolute atomic E-state index is 0.210. The Bertz CT molecular complexity index is 941. The molecule has 3 rings (SSSR count). The molecule has 1 unspecified atom stereocenters. The van der Waals surface area contributed by atoms with Crippen molar-refractivity contribution in [3.8, 4) is 0 Å². The predicted molar refractivity (Wildman–Crippen MR) is 98.2 cm³/mol. The van der Waals surface area contributed by atoms with Crippen molar-refractivity contribution in [3.63, 3.8) is 0 Å². The van der Waals surface area contributed by atoms with Crippen LogP contribution in [0.3, 0.4) is 0 Å². The van der Waals surface area contributed by atoms with Crippen LogP contribution in [0, 0.1) is 0 Å². The molecule has 1 heterocycles. The first-order valence-electron chi connectivity index (χ1n) is 8.34. The zero-order valence-corrected chi connectivity index (χ0v) is 15.2. The minimum Gasteiger partial charge on any atom is -0.478 e. The van der Waals surface area contributed by atoms with E-state index in [1.165, 1.54) is 4.90 Å². The number of allylic oxidation sites excluding steroid dienone is 1. The molecule has 0 fully saturated rings. The average Bonchev–Trinajstić information content (AvgIpc) is 2.88. The fraction of sp³-hybridized carbons (Fsp3) is 0.200. The number of carboxylic acids is 1. The molecule has 1 amide bonds. The van der Waals surface area contributed by atoms with E-state index in [9.17, 15) is 22.8 Å². The number of benzene rings is 2. The fourth-order valence-electron chi connectivity index (χ4n) is 3.24. The van der Waals surface area contributed by atoms with E-state index in [0.29, 0.717) is 22.3 Å². The number of hydrogen-bond acceptors (Lipinski definition) is 2. The van der Waals surface area contributed by atoms with E-state index in [1.807, 2.05) is 30.3 Å². The van der Waals surface area contributed by atoms with Crippen molar-refractivity contribution in [1.82, 2.24) is 0 Å². The summed E-state index contributed by atoms with van der Waals surface area (Å²) in [7, 11) is 0. The number of carbonyl (C=O) groups excluding carboxylic acids is 1. The number of anilines is 1. The van der Waals surface area contributed by atoms with E-state index in [-0.39, 0.29) is 6.54 Å². The van der Waals surface area contributed by atoms with Gasteiger partial charge in [0.25, 0.3) is 0 Å². The van der Waals surface area contributed by atoms with Gasteiger partial charge in [0.15, 0.2) is 0 Å². The van der Waals surface area contributed by atoms with Gasteiger partial charge in [-0.05, 0) is 23.6 Å². The number of alkyl halides is 3. The van der Waals surface area contributed by atoms with Gasteiger partial charge >= 0.3 is 12.1 Å². The van der Waals surface area contributed by atoms with Crippen molar-refractivity contribution in [2.45, 2.75) is 25.1 Å². The zero-order valence-electron chi connectivity index (χ0n) is 14.4. The van der Waals surface area contributed by atoms with Crippen LogP contribution < -0.4 is 4.90 Å². The number of carbonyl (C=O) groups is 2. The van der Waals surface area contributed by atoms with Crippen LogP contribution in [0.4, 0.5) is 18.9 Å². The second kappa shape index (κ2) is 7.67. The summed E-state index contributed by atoms with van der Waals surface area (Å²) >= 11 is 6.26. The number of aliphatic carboxylic acids is 1. The normalized spacial score (nSPS) is 17.0. The van der Waals surface area contributed by atoms with E-state index in [1.54, 1.807) is 18.2 Å². The number of hydrogen-bond donors (Lipinski definition) is 1. The summed E-state index contributed by atoms with van der Waals surface area (Å²) < 4.78 is 38.7. The van der Waals surface area contributed by atoms with Crippen molar-refractivity contribution in [1.29, 1.82) is 0 Å². The van der Waals surface area contributed by atoms with Crippen molar-refractivity contribution in [2.24, 2.45) is 0 Å². The molecule has 0 aliphatic carbocycles. The second-order valence-electron chi connectivity index (χ2n) is 6.30. The highest BCUT2D eigenvalue weighted by molar-refractivity contribution is 6.34.